The van der Waals surface area contributed by atoms with E-state index in [1.165, 1.54) is 10.9 Å². The van der Waals surface area contributed by atoms with Crippen molar-refractivity contribution in [2.24, 2.45) is 0 Å². The average molecular weight is 155 g/mol. The van der Waals surface area contributed by atoms with Gasteiger partial charge in [0.15, 0.2) is 0 Å². The third kappa shape index (κ3) is 1.17. The van der Waals surface area contributed by atoms with Crippen LogP contribution in [0.25, 0.3) is 0 Å². The van der Waals surface area contributed by atoms with Crippen molar-refractivity contribution < 1.29 is 0 Å². The molecular weight excluding hydrogens is 148 g/mol. The van der Waals surface area contributed by atoms with E-state index in [0.29, 0.717) is 0 Å². The molecule has 0 unspecified atom stereocenters. The van der Waals surface area contributed by atoms with E-state index in [4.69, 9.17) is 0 Å². The molecule has 0 radical (unpaired) electrons. The van der Waals surface area contributed by atoms with Gasteiger partial charge in [0.1, 0.15) is 15.7 Å². The Labute approximate surface area is 67.3 Å². The van der Waals surface area contributed by atoms with Gasteiger partial charge < -0.3 is 4.98 Å². The Hall–Kier alpha value is 0.110. The van der Waals surface area contributed by atoms with Crippen molar-refractivity contribution in [1.82, 2.24) is 4.98 Å². The zero-order chi connectivity index (χ0) is 7.02. The van der Waals surface area contributed by atoms with Crippen LogP contribution < -0.4 is 10.9 Å². The fourth-order valence-corrected chi connectivity index (χ4v) is 1.30. The lowest BCUT2D eigenvalue weighted by molar-refractivity contribution is 1.11. The van der Waals surface area contributed by atoms with E-state index in [1.54, 1.807) is 0 Å². The van der Waals surface area contributed by atoms with Crippen LogP contribution in [-0.2, 0) is 0 Å². The molecule has 1 N–H and O–H groups in total. The highest BCUT2D eigenvalue weighted by atomic mass is 32.1. The summed E-state index contributed by atoms with van der Waals surface area (Å²) in [7, 11) is 4.04. The van der Waals surface area contributed by atoms with Gasteiger partial charge in [-0.1, -0.05) is 10.9 Å². The number of aromatic amines is 1. The van der Waals surface area contributed by atoms with Crippen LogP contribution in [0.1, 0.15) is 0 Å². The van der Waals surface area contributed by atoms with Crippen LogP contribution >= 0.6 is 25.3 Å². The highest BCUT2D eigenvalue weighted by molar-refractivity contribution is 7.81. The Morgan fingerprint density at radius 1 is 1.00 bits per heavy atom. The zero-order valence-electron chi connectivity index (χ0n) is 5.39. The fourth-order valence-electron chi connectivity index (χ4n) is 0.655. The van der Waals surface area contributed by atoms with Crippen LogP contribution in [0, 0.1) is 0 Å². The van der Waals surface area contributed by atoms with Crippen molar-refractivity contribution in [2.75, 3.05) is 0 Å². The van der Waals surface area contributed by atoms with Gasteiger partial charge in [-0.25, -0.2) is 0 Å². The summed E-state index contributed by atoms with van der Waals surface area (Å²) < 4.78 is 0. The molecule has 0 aliphatic carbocycles. The Balaban J connectivity index is 3.29. The van der Waals surface area contributed by atoms with Gasteiger partial charge in [-0.15, -0.1) is 25.3 Å². The number of thiol groups is 2. The molecular formula is C4H7B2NS2. The van der Waals surface area contributed by atoms with Crippen LogP contribution in [0.3, 0.4) is 0 Å². The standard InChI is InChI=1S/C4H7B2NS2/c5-1-2(6)4(9)7-3(1)8/h7-9H,5-6H2. The van der Waals surface area contributed by atoms with Gasteiger partial charge in [-0.3, -0.25) is 0 Å². The molecule has 1 aromatic heterocycles. The molecule has 0 saturated heterocycles. The smallest absolute Gasteiger partial charge is 0.142 e. The van der Waals surface area contributed by atoms with Crippen LogP contribution in [0.4, 0.5) is 0 Å². The van der Waals surface area contributed by atoms with Gasteiger partial charge in [-0.05, 0) is 0 Å². The van der Waals surface area contributed by atoms with E-state index in [-0.39, 0.29) is 0 Å². The summed E-state index contributed by atoms with van der Waals surface area (Å²) in [6.07, 6.45) is 0. The molecule has 0 bridgehead atoms. The molecule has 9 heavy (non-hydrogen) atoms. The van der Waals surface area contributed by atoms with E-state index < -0.39 is 0 Å². The van der Waals surface area contributed by atoms with Crippen molar-refractivity contribution in [1.29, 1.82) is 0 Å². The third-order valence-corrected chi connectivity index (χ3v) is 2.40. The second-order valence-electron chi connectivity index (χ2n) is 2.07. The van der Waals surface area contributed by atoms with Crippen molar-refractivity contribution >= 4 is 51.9 Å². The Kier molecular flexibility index (Phi) is 1.91. The van der Waals surface area contributed by atoms with E-state index in [0.717, 1.165) is 10.1 Å². The number of H-pyrrole nitrogens is 1. The predicted molar refractivity (Wildman–Crippen MR) is 51.7 cm³/mol. The minimum Gasteiger partial charge on any atom is -0.346 e. The SMILES string of the molecule is Bc1c(S)[nH]c(S)c1B. The summed E-state index contributed by atoms with van der Waals surface area (Å²) in [5.41, 5.74) is 2.37. The topological polar surface area (TPSA) is 15.8 Å². The van der Waals surface area contributed by atoms with Crippen molar-refractivity contribution in [3.63, 3.8) is 0 Å². The van der Waals surface area contributed by atoms with Gasteiger partial charge in [0.25, 0.3) is 0 Å². The highest BCUT2D eigenvalue weighted by Gasteiger charge is 2.02. The molecule has 1 aromatic rings. The maximum absolute atomic E-state index is 4.18. The summed E-state index contributed by atoms with van der Waals surface area (Å²) in [4.78, 5) is 3.00. The quantitative estimate of drug-likeness (QED) is 0.287. The van der Waals surface area contributed by atoms with E-state index in [9.17, 15) is 0 Å². The minimum absolute atomic E-state index is 0.914. The first-order valence-electron chi connectivity index (χ1n) is 2.70. The fraction of sp³-hybridized carbons (Fsp3) is 0. The van der Waals surface area contributed by atoms with Crippen molar-refractivity contribution in [2.45, 2.75) is 10.1 Å². The zero-order valence-corrected chi connectivity index (χ0v) is 7.18. The lowest BCUT2D eigenvalue weighted by Crippen LogP contribution is -2.22. The second-order valence-corrected chi connectivity index (χ2v) is 2.97. The van der Waals surface area contributed by atoms with Gasteiger partial charge in [-0.2, -0.15) is 0 Å². The molecule has 0 saturated carbocycles. The third-order valence-electron chi connectivity index (χ3n) is 1.51. The van der Waals surface area contributed by atoms with Crippen LogP contribution in [0.15, 0.2) is 10.1 Å². The first-order chi connectivity index (χ1) is 4.13. The number of rotatable bonds is 0. The molecule has 0 amide bonds. The lowest BCUT2D eigenvalue weighted by atomic mass is 9.85. The van der Waals surface area contributed by atoms with Crippen LogP contribution in [-0.4, -0.2) is 20.7 Å². The monoisotopic (exact) mass is 155 g/mol. The summed E-state index contributed by atoms with van der Waals surface area (Å²) in [5, 5.41) is 1.83. The Bertz CT molecular complexity index is 210. The number of hydrogen-bond acceptors (Lipinski definition) is 2. The molecule has 1 heterocycles. The predicted octanol–water partition coefficient (Wildman–Crippen LogP) is -1.89. The molecule has 0 aliphatic rings. The highest BCUT2D eigenvalue weighted by Crippen LogP contribution is 2.01. The molecule has 0 fully saturated rings. The summed E-state index contributed by atoms with van der Waals surface area (Å²) in [6.45, 7) is 0. The van der Waals surface area contributed by atoms with Crippen LogP contribution in [0.2, 0.25) is 0 Å². The van der Waals surface area contributed by atoms with E-state index >= 15 is 0 Å². The van der Waals surface area contributed by atoms with E-state index in [1.807, 2.05) is 15.7 Å². The first kappa shape index (κ1) is 7.22. The molecule has 0 spiro atoms. The minimum atomic E-state index is 0.914. The number of hydrogen-bond donors (Lipinski definition) is 3. The largest absolute Gasteiger partial charge is 0.346 e. The van der Waals surface area contributed by atoms with Crippen molar-refractivity contribution in [3.05, 3.63) is 0 Å². The normalized spacial score (nSPS) is 10.0. The Morgan fingerprint density at radius 3 is 1.44 bits per heavy atom. The van der Waals surface area contributed by atoms with Crippen molar-refractivity contribution in [3.8, 4) is 0 Å². The van der Waals surface area contributed by atoms with E-state index in [2.05, 4.69) is 30.2 Å². The molecule has 5 heteroatoms. The average Bonchev–Trinajstić information content (AvgIpc) is 1.98. The Morgan fingerprint density at radius 2 is 1.33 bits per heavy atom. The summed E-state index contributed by atoms with van der Waals surface area (Å²) >= 11 is 8.37. The van der Waals surface area contributed by atoms with Gasteiger partial charge in [0.05, 0.1) is 10.1 Å². The molecule has 0 aliphatic heterocycles. The lowest BCUT2D eigenvalue weighted by Gasteiger charge is -1.87. The molecule has 0 aromatic carbocycles. The van der Waals surface area contributed by atoms with Gasteiger partial charge >= 0.3 is 0 Å². The second kappa shape index (κ2) is 2.39. The summed E-state index contributed by atoms with van der Waals surface area (Å²) in [6, 6.07) is 0. The maximum Gasteiger partial charge on any atom is 0.142 e. The number of aromatic nitrogens is 1. The molecule has 46 valence electrons. The van der Waals surface area contributed by atoms with Gasteiger partial charge in [0.2, 0.25) is 0 Å². The summed E-state index contributed by atoms with van der Waals surface area (Å²) in [5.74, 6) is 0. The molecule has 1 rings (SSSR count). The maximum atomic E-state index is 4.18. The molecule has 1 nitrogen and oxygen atoms in total. The first-order valence-corrected chi connectivity index (χ1v) is 3.59. The molecule has 0 atom stereocenters. The number of nitrogens with one attached hydrogen (secondary N) is 1. The van der Waals surface area contributed by atoms with Gasteiger partial charge in [0, 0.05) is 0 Å². The van der Waals surface area contributed by atoms with Crippen LogP contribution in [0.5, 0.6) is 0 Å².